The van der Waals surface area contributed by atoms with Crippen molar-refractivity contribution >= 4 is 69.7 Å². The molecule has 7 aromatic heterocycles. The van der Waals surface area contributed by atoms with Gasteiger partial charge in [0.2, 0.25) is 0 Å². The molecule has 0 unspecified atom stereocenters. The van der Waals surface area contributed by atoms with E-state index in [2.05, 4.69) is 76.2 Å². The van der Waals surface area contributed by atoms with E-state index >= 15 is 0 Å². The van der Waals surface area contributed by atoms with Crippen LogP contribution in [0.15, 0.2) is 30.7 Å². The van der Waals surface area contributed by atoms with E-state index in [0.29, 0.717) is 17.1 Å². The summed E-state index contributed by atoms with van der Waals surface area (Å²) in [6, 6.07) is 0. The summed E-state index contributed by atoms with van der Waals surface area (Å²) in [7, 11) is 7.20. The first-order chi connectivity index (χ1) is 31.3. The molecular weight excluding hydrogens is 865 g/mol. The first-order valence-electron chi connectivity index (χ1n) is 19.3. The minimum absolute atomic E-state index is 0.0675. The first kappa shape index (κ1) is 45.1. The zero-order valence-electron chi connectivity index (χ0n) is 37.3. The second-order valence-electron chi connectivity index (χ2n) is 14.3. The Bertz CT molecular complexity index is 2860. The Hall–Kier alpha value is -8.96. The van der Waals surface area contributed by atoms with E-state index in [0.717, 1.165) is 14.0 Å². The molecule has 0 aliphatic rings. The molecule has 30 nitrogen and oxygen atoms in total. The maximum atomic E-state index is 12.6. The first-order valence-corrected chi connectivity index (χ1v) is 19.3. The molecule has 0 bridgehead atoms. The molecule has 7 aromatic rings. The number of Topliss-reactive ketones (excluding diaryl/α,β-unsaturated/α-hetero) is 1. The van der Waals surface area contributed by atoms with E-state index in [9.17, 15) is 19.5 Å². The number of esters is 2. The summed E-state index contributed by atoms with van der Waals surface area (Å²) < 4.78 is 17.3. The highest BCUT2D eigenvalue weighted by Crippen LogP contribution is 2.36. The molecule has 0 amide bonds. The van der Waals surface area contributed by atoms with Crippen LogP contribution in [0.3, 0.4) is 0 Å². The van der Waals surface area contributed by atoms with Crippen LogP contribution in [0.2, 0.25) is 0 Å². The molecule has 0 atom stereocenters. The van der Waals surface area contributed by atoms with E-state index in [4.69, 9.17) is 26.7 Å². The number of nitrogen functional groups attached to an aromatic ring is 3. The predicted octanol–water partition coefficient (Wildman–Crippen LogP) is 3.22. The van der Waals surface area contributed by atoms with Crippen LogP contribution in [0, 0.1) is 41.5 Å². The highest BCUT2D eigenvalue weighted by molar-refractivity contribution is 6.01. The molecule has 7 rings (SSSR count). The molecule has 0 spiro atoms. The average molecular weight is 907 g/mol. The van der Waals surface area contributed by atoms with Crippen LogP contribution in [0.1, 0.15) is 65.2 Å². The van der Waals surface area contributed by atoms with Crippen molar-refractivity contribution in [2.45, 2.75) is 41.5 Å². The largest absolute Gasteiger partial charge is 0.465 e. The summed E-state index contributed by atoms with van der Waals surface area (Å²) in [6.45, 7) is 8.89. The molecule has 30 heteroatoms. The van der Waals surface area contributed by atoms with Crippen LogP contribution in [0.4, 0.5) is 52.0 Å². The summed E-state index contributed by atoms with van der Waals surface area (Å²) >= 11 is 0. The summed E-state index contributed by atoms with van der Waals surface area (Å²) in [5.74, 6) is -2.59. The number of carbonyl (C=O) groups is 3. The SMILES string of the molecule is COC(=O)c1c(C)nn(C)c1N=Nc1c(C)nn(-c2nc(-n3nc(C)c(N=Nc4c(C(=O)CO)c(C)nn4C)c3N)nc(-n3nc(C)c(N=Nc4c(C(=O)OC)c(C)nn4C)c3N)n2)c1N. The number of aliphatic hydroxyl groups excluding tert-OH is 1. The second-order valence-corrected chi connectivity index (χ2v) is 14.3. The van der Waals surface area contributed by atoms with Crippen molar-refractivity contribution in [2.75, 3.05) is 38.0 Å². The van der Waals surface area contributed by atoms with Gasteiger partial charge in [0, 0.05) is 21.1 Å². The Morgan fingerprint density at radius 1 is 0.485 bits per heavy atom. The van der Waals surface area contributed by atoms with Gasteiger partial charge in [-0.15, -0.1) is 30.7 Å². The number of carbonyl (C=O) groups excluding carboxylic acids is 3. The van der Waals surface area contributed by atoms with Gasteiger partial charge in [0.15, 0.2) is 57.8 Å². The minimum atomic E-state index is -0.770. The van der Waals surface area contributed by atoms with E-state index in [1.54, 1.807) is 62.7 Å². The summed E-state index contributed by atoms with van der Waals surface area (Å²) in [4.78, 5) is 51.6. The third-order valence-electron chi connectivity index (χ3n) is 9.87. The number of aliphatic hydroxyl groups is 1. The molecule has 7 N–H and O–H groups in total. The third kappa shape index (κ3) is 7.75. The normalized spacial score (nSPS) is 11.9. The van der Waals surface area contributed by atoms with Crippen LogP contribution >= 0.6 is 0 Å². The number of anilines is 3. The number of nitrogens with two attached hydrogens (primary N) is 3. The maximum Gasteiger partial charge on any atom is 0.343 e. The summed E-state index contributed by atoms with van der Waals surface area (Å²) in [5, 5.41) is 61.7. The van der Waals surface area contributed by atoms with Gasteiger partial charge in [-0.05, 0) is 41.5 Å². The number of nitrogens with zero attached hydrogens (tertiary/aromatic N) is 21. The Labute approximate surface area is 371 Å². The smallest absolute Gasteiger partial charge is 0.343 e. The highest BCUT2D eigenvalue weighted by Gasteiger charge is 2.27. The van der Waals surface area contributed by atoms with Crippen molar-refractivity contribution in [3.63, 3.8) is 0 Å². The molecule has 0 fully saturated rings. The lowest BCUT2D eigenvalue weighted by Gasteiger charge is -2.10. The molecule has 0 aliphatic carbocycles. The fourth-order valence-electron chi connectivity index (χ4n) is 6.73. The Kier molecular flexibility index (Phi) is 11.8. The molecule has 66 heavy (non-hydrogen) atoms. The lowest BCUT2D eigenvalue weighted by atomic mass is 10.1. The number of ketones is 1. The van der Waals surface area contributed by atoms with Gasteiger partial charge in [0.05, 0.1) is 53.9 Å². The lowest BCUT2D eigenvalue weighted by molar-refractivity contribution is 0.0591. The standard InChI is InChI=1S/C36H42N24O6/c1-13-20(19(62)12-61)29(55(7)49-13)46-43-23-16(4)52-58(26(23)37)34-40-35(59-27(38)24(17(5)53-59)44-47-30-21(32(63)65-10)14(2)50-56(30)8)42-36(41-34)60-28(39)25(18(6)54-60)45-48-31-22(33(64)66-11)15(3)51-57(31)9/h61H,12,37-39H2,1-11H3. The molecular formula is C36H42N24O6. The van der Waals surface area contributed by atoms with Crippen LogP contribution in [-0.4, -0.2) is 117 Å². The number of methoxy groups -OCH3 is 2. The van der Waals surface area contributed by atoms with Crippen LogP contribution < -0.4 is 17.2 Å². The second kappa shape index (κ2) is 17.3. The monoisotopic (exact) mass is 906 g/mol. The number of aromatic nitrogens is 15. The molecule has 342 valence electrons. The number of aryl methyl sites for hydroxylation is 9. The fraction of sp³-hybridized carbons (Fsp3) is 0.333. The number of ether oxygens (including phenoxy) is 2. The maximum absolute atomic E-state index is 12.6. The highest BCUT2D eigenvalue weighted by atomic mass is 16.5. The molecule has 7 heterocycles. The predicted molar refractivity (Wildman–Crippen MR) is 229 cm³/mol. The fourth-order valence-corrected chi connectivity index (χ4v) is 6.73. The van der Waals surface area contributed by atoms with E-state index < -0.39 is 24.3 Å². The van der Waals surface area contributed by atoms with Crippen molar-refractivity contribution < 1.29 is 29.0 Å². The lowest BCUT2D eigenvalue weighted by Crippen LogP contribution is -2.17. The molecule has 0 radical (unpaired) electrons. The van der Waals surface area contributed by atoms with Gasteiger partial charge >= 0.3 is 11.9 Å². The summed E-state index contributed by atoms with van der Waals surface area (Å²) in [6.07, 6.45) is 0. The van der Waals surface area contributed by atoms with Gasteiger partial charge in [-0.3, -0.25) is 4.79 Å². The van der Waals surface area contributed by atoms with Crippen molar-refractivity contribution in [1.82, 2.24) is 73.6 Å². The van der Waals surface area contributed by atoms with Crippen LogP contribution in [-0.2, 0) is 30.6 Å². The number of hydrogen-bond donors (Lipinski definition) is 4. The van der Waals surface area contributed by atoms with Gasteiger partial charge in [0.25, 0.3) is 17.8 Å². The van der Waals surface area contributed by atoms with Crippen molar-refractivity contribution in [3.05, 3.63) is 50.9 Å². The van der Waals surface area contributed by atoms with Gasteiger partial charge < -0.3 is 31.8 Å². The topological polar surface area (TPSA) is 388 Å². The van der Waals surface area contributed by atoms with Crippen molar-refractivity contribution in [1.29, 1.82) is 0 Å². The average Bonchev–Trinajstić information content (AvgIpc) is 4.07. The van der Waals surface area contributed by atoms with E-state index in [1.807, 2.05) is 0 Å². The van der Waals surface area contributed by atoms with Gasteiger partial charge in [-0.1, -0.05) is 0 Å². The number of rotatable bonds is 13. The number of hydrogen-bond acceptors (Lipinski definition) is 24. The Morgan fingerprint density at radius 2 is 0.773 bits per heavy atom. The van der Waals surface area contributed by atoms with Gasteiger partial charge in [0.1, 0.15) is 17.7 Å². The van der Waals surface area contributed by atoms with E-state index in [-0.39, 0.29) is 104 Å². The van der Waals surface area contributed by atoms with Crippen molar-refractivity contribution in [3.8, 4) is 17.8 Å². The third-order valence-corrected chi connectivity index (χ3v) is 9.87. The molecule has 0 aromatic carbocycles. The number of azo groups is 3. The summed E-state index contributed by atoms with van der Waals surface area (Å²) in [5.41, 5.74) is 22.4. The van der Waals surface area contributed by atoms with Crippen LogP contribution in [0.25, 0.3) is 17.8 Å². The molecule has 0 saturated heterocycles. The molecule has 0 aliphatic heterocycles. The quantitative estimate of drug-likeness (QED) is 0.0733. The zero-order chi connectivity index (χ0) is 48.0. The minimum Gasteiger partial charge on any atom is -0.465 e. The van der Waals surface area contributed by atoms with E-state index in [1.165, 1.54) is 28.3 Å². The van der Waals surface area contributed by atoms with Crippen LogP contribution in [0.5, 0.6) is 0 Å². The Morgan fingerprint density at radius 3 is 1.06 bits per heavy atom. The Balaban J connectivity index is 1.38. The zero-order valence-corrected chi connectivity index (χ0v) is 37.3. The molecule has 0 saturated carbocycles. The van der Waals surface area contributed by atoms with Gasteiger partial charge in [-0.2, -0.15) is 59.6 Å². The van der Waals surface area contributed by atoms with Gasteiger partial charge in [-0.25, -0.2) is 23.6 Å². The van der Waals surface area contributed by atoms with Crippen molar-refractivity contribution in [2.24, 2.45) is 51.8 Å².